The summed E-state index contributed by atoms with van der Waals surface area (Å²) in [6.45, 7) is 4.94. The SMILES string of the molecule is COC(C)CC(C)OCC1Cc2ccccc2-c2ccc3ccccc3[n+]21. The third kappa shape index (κ3) is 3.62. The van der Waals surface area contributed by atoms with Crippen molar-refractivity contribution in [2.75, 3.05) is 13.7 Å². The van der Waals surface area contributed by atoms with Gasteiger partial charge in [0.25, 0.3) is 0 Å². The van der Waals surface area contributed by atoms with E-state index in [1.54, 1.807) is 7.11 Å². The van der Waals surface area contributed by atoms with Crippen LogP contribution in [0.25, 0.3) is 22.2 Å². The van der Waals surface area contributed by atoms with Crippen LogP contribution in [0.1, 0.15) is 31.9 Å². The maximum atomic E-state index is 6.27. The van der Waals surface area contributed by atoms with Crippen LogP contribution in [0.5, 0.6) is 0 Å². The molecule has 3 heteroatoms. The van der Waals surface area contributed by atoms with Crippen LogP contribution in [-0.4, -0.2) is 25.9 Å². The molecule has 0 aliphatic carbocycles. The zero-order valence-electron chi connectivity index (χ0n) is 16.4. The summed E-state index contributed by atoms with van der Waals surface area (Å²) < 4.78 is 14.1. The summed E-state index contributed by atoms with van der Waals surface area (Å²) in [5.41, 5.74) is 5.29. The standard InChI is InChI=1S/C24H28NO2/c1-17(26-3)14-18(2)27-16-21-15-20-9-4-6-10-22(20)24-13-12-19-8-5-7-11-23(19)25(21)24/h4-13,17-18,21H,14-16H2,1-3H3/q+1. The number of rotatable bonds is 6. The van der Waals surface area contributed by atoms with Gasteiger partial charge in [0.1, 0.15) is 6.61 Å². The number of para-hydroxylation sites is 1. The van der Waals surface area contributed by atoms with E-state index in [0.717, 1.165) is 12.8 Å². The van der Waals surface area contributed by atoms with E-state index in [1.165, 1.54) is 27.7 Å². The van der Waals surface area contributed by atoms with Crippen LogP contribution in [-0.2, 0) is 15.9 Å². The van der Waals surface area contributed by atoms with Crippen LogP contribution in [0.15, 0.2) is 60.7 Å². The number of ether oxygens (including phenoxy) is 2. The van der Waals surface area contributed by atoms with E-state index < -0.39 is 0 Å². The van der Waals surface area contributed by atoms with Crippen molar-refractivity contribution in [2.24, 2.45) is 0 Å². The lowest BCUT2D eigenvalue weighted by Crippen LogP contribution is -2.48. The summed E-state index contributed by atoms with van der Waals surface area (Å²) in [6.07, 6.45) is 2.30. The van der Waals surface area contributed by atoms with Gasteiger partial charge in [-0.05, 0) is 44.0 Å². The Kier molecular flexibility index (Phi) is 5.24. The van der Waals surface area contributed by atoms with Crippen molar-refractivity contribution in [1.82, 2.24) is 0 Å². The largest absolute Gasteiger partial charge is 0.382 e. The number of fused-ring (bicyclic) bond motifs is 5. The average Bonchev–Trinajstić information content (AvgIpc) is 2.71. The summed E-state index contributed by atoms with van der Waals surface area (Å²) >= 11 is 0. The number of hydrogen-bond acceptors (Lipinski definition) is 2. The van der Waals surface area contributed by atoms with Crippen molar-refractivity contribution < 1.29 is 14.0 Å². The van der Waals surface area contributed by atoms with Crippen LogP contribution in [0.3, 0.4) is 0 Å². The molecular weight excluding hydrogens is 334 g/mol. The van der Waals surface area contributed by atoms with E-state index in [-0.39, 0.29) is 12.2 Å². The minimum atomic E-state index is 0.177. The van der Waals surface area contributed by atoms with E-state index in [0.29, 0.717) is 12.6 Å². The molecule has 2 aromatic carbocycles. The van der Waals surface area contributed by atoms with Gasteiger partial charge in [0.05, 0.1) is 12.2 Å². The first-order valence-electron chi connectivity index (χ1n) is 9.83. The number of pyridine rings is 1. The lowest BCUT2D eigenvalue weighted by Gasteiger charge is -2.25. The second kappa shape index (κ2) is 7.79. The topological polar surface area (TPSA) is 22.3 Å². The van der Waals surface area contributed by atoms with Crippen molar-refractivity contribution in [1.29, 1.82) is 0 Å². The Balaban J connectivity index is 1.69. The monoisotopic (exact) mass is 362 g/mol. The van der Waals surface area contributed by atoms with Crippen LogP contribution >= 0.6 is 0 Å². The quantitative estimate of drug-likeness (QED) is 0.592. The molecule has 3 nitrogen and oxygen atoms in total. The number of benzene rings is 2. The predicted molar refractivity (Wildman–Crippen MR) is 109 cm³/mol. The highest BCUT2D eigenvalue weighted by atomic mass is 16.5. The Morgan fingerprint density at radius 2 is 1.74 bits per heavy atom. The molecule has 2 heterocycles. The van der Waals surface area contributed by atoms with Gasteiger partial charge >= 0.3 is 0 Å². The van der Waals surface area contributed by atoms with Crippen molar-refractivity contribution in [2.45, 2.75) is 44.9 Å². The minimum Gasteiger partial charge on any atom is -0.382 e. The highest BCUT2D eigenvalue weighted by Gasteiger charge is 2.33. The van der Waals surface area contributed by atoms with E-state index in [2.05, 4.69) is 79.1 Å². The summed E-state index contributed by atoms with van der Waals surface area (Å²) in [7, 11) is 1.76. The molecule has 0 spiro atoms. The van der Waals surface area contributed by atoms with Crippen LogP contribution in [0.2, 0.25) is 0 Å². The van der Waals surface area contributed by atoms with E-state index in [4.69, 9.17) is 9.47 Å². The average molecular weight is 362 g/mol. The van der Waals surface area contributed by atoms with Gasteiger partial charge in [-0.15, -0.1) is 0 Å². The van der Waals surface area contributed by atoms with Gasteiger partial charge in [0.15, 0.2) is 6.04 Å². The first kappa shape index (κ1) is 18.1. The number of nitrogens with zero attached hydrogens (tertiary/aromatic N) is 1. The maximum absolute atomic E-state index is 6.27. The van der Waals surface area contributed by atoms with E-state index in [9.17, 15) is 0 Å². The number of hydrogen-bond donors (Lipinski definition) is 0. The van der Waals surface area contributed by atoms with Crippen molar-refractivity contribution in [3.8, 4) is 11.3 Å². The van der Waals surface area contributed by atoms with Gasteiger partial charge in [0.2, 0.25) is 11.2 Å². The molecular formula is C24H28NO2+. The minimum absolute atomic E-state index is 0.177. The van der Waals surface area contributed by atoms with Gasteiger partial charge in [-0.1, -0.05) is 30.3 Å². The van der Waals surface area contributed by atoms with Crippen LogP contribution in [0, 0.1) is 0 Å². The summed E-state index contributed by atoms with van der Waals surface area (Å²) in [6, 6.07) is 22.1. The van der Waals surface area contributed by atoms with Gasteiger partial charge in [0, 0.05) is 36.6 Å². The Hall–Kier alpha value is -2.23. The Labute approximate surface area is 161 Å². The lowest BCUT2D eigenvalue weighted by molar-refractivity contribution is -0.692. The second-order valence-electron chi connectivity index (χ2n) is 7.59. The van der Waals surface area contributed by atoms with Crippen LogP contribution in [0.4, 0.5) is 0 Å². The predicted octanol–water partition coefficient (Wildman–Crippen LogP) is 4.72. The molecule has 3 aromatic rings. The van der Waals surface area contributed by atoms with E-state index >= 15 is 0 Å². The number of methoxy groups -OCH3 is 1. The Morgan fingerprint density at radius 3 is 2.59 bits per heavy atom. The van der Waals surface area contributed by atoms with Gasteiger partial charge in [-0.3, -0.25) is 0 Å². The highest BCUT2D eigenvalue weighted by Crippen LogP contribution is 2.31. The summed E-state index contributed by atoms with van der Waals surface area (Å²) in [4.78, 5) is 0. The molecule has 0 N–H and O–H groups in total. The molecule has 3 atom stereocenters. The molecule has 1 aliphatic rings. The lowest BCUT2D eigenvalue weighted by atomic mass is 9.92. The van der Waals surface area contributed by atoms with Crippen LogP contribution < -0.4 is 4.57 Å². The number of aromatic nitrogens is 1. The van der Waals surface area contributed by atoms with Crippen molar-refractivity contribution in [3.63, 3.8) is 0 Å². The molecule has 4 rings (SSSR count). The smallest absolute Gasteiger partial charge is 0.213 e. The maximum Gasteiger partial charge on any atom is 0.213 e. The molecule has 0 saturated heterocycles. The second-order valence-corrected chi connectivity index (χ2v) is 7.59. The molecule has 0 bridgehead atoms. The summed E-state index contributed by atoms with van der Waals surface area (Å²) in [5, 5.41) is 1.27. The van der Waals surface area contributed by atoms with Gasteiger partial charge in [-0.2, -0.15) is 4.57 Å². The fourth-order valence-electron chi connectivity index (χ4n) is 4.17. The zero-order valence-corrected chi connectivity index (χ0v) is 16.4. The molecule has 27 heavy (non-hydrogen) atoms. The Morgan fingerprint density at radius 1 is 0.963 bits per heavy atom. The van der Waals surface area contributed by atoms with Gasteiger partial charge < -0.3 is 9.47 Å². The molecule has 3 unspecified atom stereocenters. The first-order valence-corrected chi connectivity index (χ1v) is 9.83. The molecule has 1 aliphatic heterocycles. The zero-order chi connectivity index (χ0) is 18.8. The van der Waals surface area contributed by atoms with Crippen molar-refractivity contribution >= 4 is 10.9 Å². The summed E-state index contributed by atoms with van der Waals surface area (Å²) in [5.74, 6) is 0. The molecule has 1 aromatic heterocycles. The third-order valence-electron chi connectivity index (χ3n) is 5.63. The molecule has 0 fully saturated rings. The molecule has 140 valence electrons. The van der Waals surface area contributed by atoms with E-state index in [1.807, 2.05) is 0 Å². The normalized spacial score (nSPS) is 18.0. The fourth-order valence-corrected chi connectivity index (χ4v) is 4.17. The molecule has 0 radical (unpaired) electrons. The van der Waals surface area contributed by atoms with Crippen molar-refractivity contribution in [3.05, 3.63) is 66.2 Å². The molecule has 0 amide bonds. The van der Waals surface area contributed by atoms with Gasteiger partial charge in [-0.25, -0.2) is 0 Å². The first-order chi connectivity index (χ1) is 13.2. The Bertz CT molecular complexity index is 937. The molecule has 0 saturated carbocycles. The fraction of sp³-hybridized carbons (Fsp3) is 0.375. The third-order valence-corrected chi connectivity index (χ3v) is 5.63. The highest BCUT2D eigenvalue weighted by molar-refractivity contribution is 5.78.